The van der Waals surface area contributed by atoms with E-state index in [1.54, 1.807) is 0 Å². The van der Waals surface area contributed by atoms with Crippen LogP contribution in [0.4, 0.5) is 17.5 Å². The summed E-state index contributed by atoms with van der Waals surface area (Å²) in [6, 6.07) is 8.64. The van der Waals surface area contributed by atoms with E-state index in [2.05, 4.69) is 81.4 Å². The molecule has 3 rings (SSSR count). The number of anilines is 3. The normalized spacial score (nSPS) is 14.7. The molecule has 0 amide bonds. The van der Waals surface area contributed by atoms with Gasteiger partial charge in [-0.05, 0) is 69.7 Å². The van der Waals surface area contributed by atoms with Crippen LogP contribution in [-0.4, -0.2) is 15.5 Å². The van der Waals surface area contributed by atoms with Gasteiger partial charge in [0.2, 0.25) is 5.95 Å². The molecule has 1 aromatic carbocycles. The summed E-state index contributed by atoms with van der Waals surface area (Å²) in [7, 11) is 0. The zero-order valence-electron chi connectivity index (χ0n) is 16.3. The smallest absolute Gasteiger partial charge is 0.225 e. The molecular weight excluding hydrogens is 308 g/mol. The lowest BCUT2D eigenvalue weighted by molar-refractivity contribution is 0.625. The summed E-state index contributed by atoms with van der Waals surface area (Å²) in [5, 5.41) is 6.87. The van der Waals surface area contributed by atoms with E-state index >= 15 is 0 Å². The van der Waals surface area contributed by atoms with Gasteiger partial charge in [-0.15, -0.1) is 0 Å². The van der Waals surface area contributed by atoms with E-state index in [-0.39, 0.29) is 5.54 Å². The number of nitrogens with zero attached hydrogens (tertiary/aromatic N) is 2. The van der Waals surface area contributed by atoms with Gasteiger partial charge in [0.05, 0.1) is 5.69 Å². The van der Waals surface area contributed by atoms with Gasteiger partial charge in [-0.1, -0.05) is 19.9 Å². The Morgan fingerprint density at radius 3 is 2.36 bits per heavy atom. The molecule has 0 saturated heterocycles. The van der Waals surface area contributed by atoms with Gasteiger partial charge in [0.25, 0.3) is 0 Å². The number of hydrogen-bond donors (Lipinski definition) is 2. The maximum absolute atomic E-state index is 4.72. The number of benzene rings is 1. The second kappa shape index (κ2) is 6.66. The van der Waals surface area contributed by atoms with Crippen molar-refractivity contribution in [2.75, 3.05) is 10.6 Å². The Morgan fingerprint density at radius 1 is 1.08 bits per heavy atom. The molecule has 2 aromatic rings. The molecule has 0 spiro atoms. The minimum absolute atomic E-state index is 0.0606. The molecule has 4 nitrogen and oxygen atoms in total. The molecule has 1 aliphatic carbocycles. The average Bonchev–Trinajstić information content (AvgIpc) is 3.29. The lowest BCUT2D eigenvalue weighted by atomic mass is 9.98. The minimum atomic E-state index is -0.0606. The first-order valence-corrected chi connectivity index (χ1v) is 9.26. The van der Waals surface area contributed by atoms with Gasteiger partial charge in [-0.25, -0.2) is 4.98 Å². The highest BCUT2D eigenvalue weighted by Crippen LogP contribution is 2.40. The maximum atomic E-state index is 4.72. The van der Waals surface area contributed by atoms with Crippen molar-refractivity contribution in [1.82, 2.24) is 9.97 Å². The van der Waals surface area contributed by atoms with Gasteiger partial charge in [0, 0.05) is 23.2 Å². The summed E-state index contributed by atoms with van der Waals surface area (Å²) in [5.74, 6) is 2.70. The fourth-order valence-corrected chi connectivity index (χ4v) is 3.06. The van der Waals surface area contributed by atoms with Crippen LogP contribution in [-0.2, 0) is 0 Å². The second-order valence-corrected chi connectivity index (χ2v) is 8.50. The molecule has 134 valence electrons. The van der Waals surface area contributed by atoms with Crippen molar-refractivity contribution in [2.24, 2.45) is 0 Å². The predicted octanol–water partition coefficient (Wildman–Crippen LogP) is 5.74. The largest absolute Gasteiger partial charge is 0.350 e. The molecule has 2 N–H and O–H groups in total. The summed E-state index contributed by atoms with van der Waals surface area (Å²) in [6.07, 6.45) is 2.46. The summed E-state index contributed by atoms with van der Waals surface area (Å²) >= 11 is 0. The van der Waals surface area contributed by atoms with E-state index in [0.29, 0.717) is 17.8 Å². The molecule has 0 aliphatic heterocycles. The van der Waals surface area contributed by atoms with Crippen LogP contribution in [0.5, 0.6) is 0 Å². The van der Waals surface area contributed by atoms with Crippen LogP contribution in [0.1, 0.15) is 76.1 Å². The number of hydrogen-bond acceptors (Lipinski definition) is 4. The zero-order chi connectivity index (χ0) is 18.2. The quantitative estimate of drug-likeness (QED) is 0.730. The van der Waals surface area contributed by atoms with Crippen LogP contribution >= 0.6 is 0 Å². The molecule has 4 heteroatoms. The van der Waals surface area contributed by atoms with Crippen molar-refractivity contribution in [3.8, 4) is 0 Å². The molecule has 1 saturated carbocycles. The SMILES string of the molecule is Cc1cc(Nc2cc(C3CC3)nc(NC(C)(C)C)n2)ccc1C(C)C. The van der Waals surface area contributed by atoms with Crippen LogP contribution in [0.2, 0.25) is 0 Å². The van der Waals surface area contributed by atoms with Gasteiger partial charge < -0.3 is 10.6 Å². The molecule has 25 heavy (non-hydrogen) atoms. The Morgan fingerprint density at radius 2 is 1.80 bits per heavy atom. The van der Waals surface area contributed by atoms with Crippen LogP contribution in [0.15, 0.2) is 24.3 Å². The van der Waals surface area contributed by atoms with Gasteiger partial charge in [-0.3, -0.25) is 0 Å². The molecule has 1 aromatic heterocycles. The second-order valence-electron chi connectivity index (χ2n) is 8.50. The monoisotopic (exact) mass is 338 g/mol. The molecule has 0 radical (unpaired) electrons. The van der Waals surface area contributed by atoms with E-state index in [1.165, 1.54) is 24.0 Å². The van der Waals surface area contributed by atoms with Gasteiger partial charge >= 0.3 is 0 Å². The Labute approximate surface area is 151 Å². The van der Waals surface area contributed by atoms with E-state index < -0.39 is 0 Å². The molecule has 1 heterocycles. The van der Waals surface area contributed by atoms with Crippen molar-refractivity contribution >= 4 is 17.5 Å². The van der Waals surface area contributed by atoms with Crippen LogP contribution in [0.25, 0.3) is 0 Å². The molecule has 1 aliphatic rings. The molecule has 1 fully saturated rings. The van der Waals surface area contributed by atoms with Crippen molar-refractivity contribution in [1.29, 1.82) is 0 Å². The number of aromatic nitrogens is 2. The fourth-order valence-electron chi connectivity index (χ4n) is 3.06. The maximum Gasteiger partial charge on any atom is 0.225 e. The Balaban J connectivity index is 1.87. The molecule has 0 atom stereocenters. The Bertz CT molecular complexity index is 755. The lowest BCUT2D eigenvalue weighted by Gasteiger charge is -2.21. The van der Waals surface area contributed by atoms with Crippen LogP contribution in [0.3, 0.4) is 0 Å². The van der Waals surface area contributed by atoms with Crippen molar-refractivity contribution in [3.63, 3.8) is 0 Å². The number of nitrogens with one attached hydrogen (secondary N) is 2. The molecular formula is C21H30N4. The number of aryl methyl sites for hydroxylation is 1. The predicted molar refractivity (Wildman–Crippen MR) is 106 cm³/mol. The third kappa shape index (κ3) is 4.71. The number of rotatable bonds is 5. The molecule has 0 bridgehead atoms. The van der Waals surface area contributed by atoms with Gasteiger partial charge in [0.15, 0.2) is 0 Å². The van der Waals surface area contributed by atoms with E-state index in [9.17, 15) is 0 Å². The third-order valence-corrected chi connectivity index (χ3v) is 4.39. The summed E-state index contributed by atoms with van der Waals surface area (Å²) < 4.78 is 0. The first kappa shape index (κ1) is 17.7. The minimum Gasteiger partial charge on any atom is -0.350 e. The fraction of sp³-hybridized carbons (Fsp3) is 0.524. The van der Waals surface area contributed by atoms with Gasteiger partial charge in [0.1, 0.15) is 5.82 Å². The summed E-state index contributed by atoms with van der Waals surface area (Å²) in [4.78, 5) is 9.39. The van der Waals surface area contributed by atoms with E-state index in [1.807, 2.05) is 0 Å². The Hall–Kier alpha value is -2.10. The summed E-state index contributed by atoms with van der Waals surface area (Å²) in [5.41, 5.74) is 4.85. The Kier molecular flexibility index (Phi) is 4.72. The van der Waals surface area contributed by atoms with E-state index in [4.69, 9.17) is 4.98 Å². The highest BCUT2D eigenvalue weighted by Gasteiger charge is 2.26. The van der Waals surface area contributed by atoms with Crippen molar-refractivity contribution in [2.45, 2.75) is 71.8 Å². The van der Waals surface area contributed by atoms with E-state index in [0.717, 1.165) is 17.2 Å². The van der Waals surface area contributed by atoms with Crippen LogP contribution < -0.4 is 10.6 Å². The van der Waals surface area contributed by atoms with Gasteiger partial charge in [-0.2, -0.15) is 4.98 Å². The van der Waals surface area contributed by atoms with Crippen molar-refractivity contribution < 1.29 is 0 Å². The first-order chi connectivity index (χ1) is 11.7. The first-order valence-electron chi connectivity index (χ1n) is 9.26. The lowest BCUT2D eigenvalue weighted by Crippen LogP contribution is -2.27. The summed E-state index contributed by atoms with van der Waals surface area (Å²) in [6.45, 7) is 13.0. The average molecular weight is 338 g/mol. The highest BCUT2D eigenvalue weighted by molar-refractivity contribution is 5.60. The highest BCUT2D eigenvalue weighted by atomic mass is 15.2. The zero-order valence-corrected chi connectivity index (χ0v) is 16.3. The molecule has 0 unspecified atom stereocenters. The standard InChI is InChI=1S/C21H30N4/c1-13(2)17-10-9-16(11-14(17)3)22-19-12-18(15-7-8-15)23-20(24-19)25-21(4,5)6/h9-13,15H,7-8H2,1-6H3,(H2,22,23,24,25). The topological polar surface area (TPSA) is 49.8 Å². The van der Waals surface area contributed by atoms with Crippen LogP contribution in [0, 0.1) is 6.92 Å². The third-order valence-electron chi connectivity index (χ3n) is 4.39. The van der Waals surface area contributed by atoms with Crippen molar-refractivity contribution in [3.05, 3.63) is 41.1 Å².